The standard InChI is InChI=1S/C14H8ClNO3/c15-10-3-1-2-4-12(10)19-8-5-6-11-9(7-8)13(17)14(18)16-11/h1-7H,(H,16,17,18). The zero-order chi connectivity index (χ0) is 13.4. The van der Waals surface area contributed by atoms with Gasteiger partial charge in [0.15, 0.2) is 0 Å². The van der Waals surface area contributed by atoms with Crippen molar-refractivity contribution >= 4 is 29.0 Å². The van der Waals surface area contributed by atoms with Crippen LogP contribution in [0.1, 0.15) is 10.4 Å². The van der Waals surface area contributed by atoms with Gasteiger partial charge in [-0.3, -0.25) is 9.59 Å². The van der Waals surface area contributed by atoms with E-state index in [1.165, 1.54) is 6.07 Å². The van der Waals surface area contributed by atoms with E-state index in [2.05, 4.69) is 5.32 Å². The molecule has 1 aliphatic heterocycles. The van der Waals surface area contributed by atoms with Gasteiger partial charge in [0.25, 0.3) is 11.7 Å². The molecular formula is C14H8ClNO3. The second-order valence-corrected chi connectivity index (χ2v) is 4.43. The van der Waals surface area contributed by atoms with Gasteiger partial charge in [0.1, 0.15) is 11.5 Å². The third-order valence-electron chi connectivity index (χ3n) is 2.75. The number of hydrogen-bond acceptors (Lipinski definition) is 3. The molecule has 1 aliphatic rings. The van der Waals surface area contributed by atoms with Crippen molar-refractivity contribution in [3.63, 3.8) is 0 Å². The number of amides is 1. The Bertz CT molecular complexity index is 697. The van der Waals surface area contributed by atoms with E-state index < -0.39 is 11.7 Å². The van der Waals surface area contributed by atoms with Crippen molar-refractivity contribution < 1.29 is 14.3 Å². The first kappa shape index (κ1) is 11.7. The minimum absolute atomic E-state index is 0.314. The van der Waals surface area contributed by atoms with Crippen LogP contribution in [0.2, 0.25) is 5.02 Å². The first-order valence-electron chi connectivity index (χ1n) is 5.57. The van der Waals surface area contributed by atoms with Crippen molar-refractivity contribution in [2.45, 2.75) is 0 Å². The Hall–Kier alpha value is -2.33. The Morgan fingerprint density at radius 2 is 1.84 bits per heavy atom. The Kier molecular flexibility index (Phi) is 2.72. The van der Waals surface area contributed by atoms with Crippen LogP contribution in [-0.4, -0.2) is 11.7 Å². The lowest BCUT2D eigenvalue weighted by molar-refractivity contribution is -0.112. The fraction of sp³-hybridized carbons (Fsp3) is 0. The lowest BCUT2D eigenvalue weighted by Crippen LogP contribution is -2.12. The van der Waals surface area contributed by atoms with Crippen LogP contribution in [0.5, 0.6) is 11.5 Å². The predicted octanol–water partition coefficient (Wildman–Crippen LogP) is 3.27. The first-order valence-corrected chi connectivity index (χ1v) is 5.95. The molecule has 0 saturated carbocycles. The minimum atomic E-state index is -0.620. The molecule has 2 aromatic rings. The number of hydrogen-bond donors (Lipinski definition) is 1. The number of fused-ring (bicyclic) bond motifs is 1. The van der Waals surface area contributed by atoms with E-state index >= 15 is 0 Å². The number of benzene rings is 2. The summed E-state index contributed by atoms with van der Waals surface area (Å²) in [5.74, 6) is -0.227. The van der Waals surface area contributed by atoms with Gasteiger partial charge < -0.3 is 10.1 Å². The van der Waals surface area contributed by atoms with E-state index in [1.54, 1.807) is 36.4 Å². The summed E-state index contributed by atoms with van der Waals surface area (Å²) in [7, 11) is 0. The zero-order valence-electron chi connectivity index (χ0n) is 9.64. The Morgan fingerprint density at radius 1 is 1.05 bits per heavy atom. The molecule has 3 rings (SSSR count). The number of Topliss-reactive ketones (excluding diaryl/α,β-unsaturated/α-hetero) is 1. The minimum Gasteiger partial charge on any atom is -0.456 e. The third-order valence-corrected chi connectivity index (χ3v) is 3.07. The van der Waals surface area contributed by atoms with Crippen molar-refractivity contribution in [1.29, 1.82) is 0 Å². The molecule has 4 nitrogen and oxygen atoms in total. The Balaban J connectivity index is 1.94. The highest BCUT2D eigenvalue weighted by atomic mass is 35.5. The number of anilines is 1. The molecule has 0 aliphatic carbocycles. The number of ether oxygens (including phenoxy) is 1. The topological polar surface area (TPSA) is 55.4 Å². The molecule has 0 spiro atoms. The van der Waals surface area contributed by atoms with Crippen LogP contribution in [0.3, 0.4) is 0 Å². The van der Waals surface area contributed by atoms with Crippen LogP contribution in [0.15, 0.2) is 42.5 Å². The maximum absolute atomic E-state index is 11.6. The van der Waals surface area contributed by atoms with Gasteiger partial charge in [-0.15, -0.1) is 0 Å². The average Bonchev–Trinajstić information content (AvgIpc) is 2.68. The van der Waals surface area contributed by atoms with E-state index in [0.717, 1.165) is 0 Å². The summed E-state index contributed by atoms with van der Waals surface area (Å²) in [5.41, 5.74) is 0.816. The fourth-order valence-corrected chi connectivity index (χ4v) is 2.01. The average molecular weight is 274 g/mol. The highest BCUT2D eigenvalue weighted by Gasteiger charge is 2.28. The molecule has 19 heavy (non-hydrogen) atoms. The van der Waals surface area contributed by atoms with Crippen molar-refractivity contribution in [2.24, 2.45) is 0 Å². The maximum atomic E-state index is 11.6. The molecular weight excluding hydrogens is 266 g/mol. The quantitative estimate of drug-likeness (QED) is 0.855. The summed E-state index contributed by atoms with van der Waals surface area (Å²) in [5, 5.41) is 2.95. The van der Waals surface area contributed by atoms with Gasteiger partial charge >= 0.3 is 0 Å². The summed E-state index contributed by atoms with van der Waals surface area (Å²) in [4.78, 5) is 22.8. The van der Waals surface area contributed by atoms with Crippen molar-refractivity contribution in [2.75, 3.05) is 5.32 Å². The van der Waals surface area contributed by atoms with Crippen molar-refractivity contribution in [1.82, 2.24) is 0 Å². The lowest BCUT2D eigenvalue weighted by atomic mass is 10.1. The molecule has 2 aromatic carbocycles. The molecule has 1 amide bonds. The van der Waals surface area contributed by atoms with Gasteiger partial charge in [0, 0.05) is 0 Å². The van der Waals surface area contributed by atoms with Crippen LogP contribution in [-0.2, 0) is 4.79 Å². The summed E-state index contributed by atoms with van der Waals surface area (Å²) in [6, 6.07) is 11.8. The molecule has 0 fully saturated rings. The van der Waals surface area contributed by atoms with E-state index in [1.807, 2.05) is 0 Å². The van der Waals surface area contributed by atoms with Gasteiger partial charge in [0.2, 0.25) is 0 Å². The summed E-state index contributed by atoms with van der Waals surface area (Å²) < 4.78 is 5.59. The smallest absolute Gasteiger partial charge is 0.296 e. The van der Waals surface area contributed by atoms with Gasteiger partial charge in [0.05, 0.1) is 16.3 Å². The lowest BCUT2D eigenvalue weighted by Gasteiger charge is -2.08. The van der Waals surface area contributed by atoms with Crippen LogP contribution in [0.25, 0.3) is 0 Å². The number of nitrogens with one attached hydrogen (secondary N) is 1. The summed E-state index contributed by atoms with van der Waals surface area (Å²) in [6.45, 7) is 0. The molecule has 0 aromatic heterocycles. The number of rotatable bonds is 2. The molecule has 1 N–H and O–H groups in total. The van der Waals surface area contributed by atoms with Crippen LogP contribution in [0.4, 0.5) is 5.69 Å². The van der Waals surface area contributed by atoms with Crippen LogP contribution in [0, 0.1) is 0 Å². The van der Waals surface area contributed by atoms with Crippen molar-refractivity contribution in [3.05, 3.63) is 53.1 Å². The highest BCUT2D eigenvalue weighted by molar-refractivity contribution is 6.51. The van der Waals surface area contributed by atoms with E-state index in [-0.39, 0.29) is 0 Å². The SMILES string of the molecule is O=C1Nc2ccc(Oc3ccccc3Cl)cc2C1=O. The molecule has 0 radical (unpaired) electrons. The van der Waals surface area contributed by atoms with Gasteiger partial charge in [-0.2, -0.15) is 0 Å². The van der Waals surface area contributed by atoms with Crippen LogP contribution < -0.4 is 10.1 Å². The number of para-hydroxylation sites is 1. The molecule has 0 bridgehead atoms. The van der Waals surface area contributed by atoms with Crippen LogP contribution >= 0.6 is 11.6 Å². The van der Waals surface area contributed by atoms with E-state index in [4.69, 9.17) is 16.3 Å². The maximum Gasteiger partial charge on any atom is 0.296 e. The monoisotopic (exact) mass is 273 g/mol. The zero-order valence-corrected chi connectivity index (χ0v) is 10.4. The molecule has 0 saturated heterocycles. The third kappa shape index (κ3) is 2.06. The second kappa shape index (κ2) is 4.40. The Labute approximate surface area is 114 Å². The number of halogens is 1. The molecule has 1 heterocycles. The fourth-order valence-electron chi connectivity index (χ4n) is 1.84. The van der Waals surface area contributed by atoms with Crippen molar-refractivity contribution in [3.8, 4) is 11.5 Å². The van der Waals surface area contributed by atoms with Gasteiger partial charge in [-0.1, -0.05) is 23.7 Å². The normalized spacial score (nSPS) is 13.1. The second-order valence-electron chi connectivity index (χ2n) is 4.02. The number of ketones is 1. The number of carbonyl (C=O) groups excluding carboxylic acids is 2. The van der Waals surface area contributed by atoms with Gasteiger partial charge in [-0.25, -0.2) is 0 Å². The largest absolute Gasteiger partial charge is 0.456 e. The molecule has 5 heteroatoms. The summed E-state index contributed by atoms with van der Waals surface area (Å²) in [6.07, 6.45) is 0. The molecule has 94 valence electrons. The molecule has 0 atom stereocenters. The molecule has 0 unspecified atom stereocenters. The summed E-state index contributed by atoms with van der Waals surface area (Å²) >= 11 is 5.98. The number of carbonyl (C=O) groups is 2. The Morgan fingerprint density at radius 3 is 2.63 bits per heavy atom. The predicted molar refractivity (Wildman–Crippen MR) is 70.9 cm³/mol. The van der Waals surface area contributed by atoms with Gasteiger partial charge in [-0.05, 0) is 30.3 Å². The van der Waals surface area contributed by atoms with E-state index in [0.29, 0.717) is 27.8 Å². The highest BCUT2D eigenvalue weighted by Crippen LogP contribution is 2.32. The van der Waals surface area contributed by atoms with E-state index in [9.17, 15) is 9.59 Å². The first-order chi connectivity index (χ1) is 9.15.